The minimum atomic E-state index is -0.753. The largest absolute Gasteiger partial charge is 0.481 e. The molecule has 1 aromatic rings. The summed E-state index contributed by atoms with van der Waals surface area (Å²) in [5.41, 5.74) is 2.13. The quantitative estimate of drug-likeness (QED) is 0.857. The number of hydrogen-bond acceptors (Lipinski definition) is 3. The van der Waals surface area contributed by atoms with Crippen molar-refractivity contribution >= 4 is 11.7 Å². The van der Waals surface area contributed by atoms with E-state index in [0.29, 0.717) is 18.4 Å². The number of hydrogen-bond donors (Lipinski definition) is 2. The van der Waals surface area contributed by atoms with Crippen LogP contribution in [-0.4, -0.2) is 30.3 Å². The van der Waals surface area contributed by atoms with Gasteiger partial charge in [-0.3, -0.25) is 4.79 Å². The van der Waals surface area contributed by atoms with Gasteiger partial charge in [0.05, 0.1) is 6.61 Å². The number of ether oxygens (including phenoxy) is 1. The van der Waals surface area contributed by atoms with E-state index in [1.165, 1.54) is 0 Å². The fraction of sp³-hybridized carbons (Fsp3) is 0.533. The molecule has 0 saturated carbocycles. The van der Waals surface area contributed by atoms with Gasteiger partial charge in [0.15, 0.2) is 0 Å². The smallest absolute Gasteiger partial charge is 0.303 e. The summed E-state index contributed by atoms with van der Waals surface area (Å²) in [5.74, 6) is -0.257. The van der Waals surface area contributed by atoms with E-state index >= 15 is 0 Å². The minimum absolute atomic E-state index is 0.178. The lowest BCUT2D eigenvalue weighted by molar-refractivity contribution is -0.136. The first kappa shape index (κ1) is 13.9. The first-order chi connectivity index (χ1) is 9.15. The Morgan fingerprint density at radius 2 is 2.37 bits per heavy atom. The summed E-state index contributed by atoms with van der Waals surface area (Å²) in [6, 6.07) is 8.46. The maximum atomic E-state index is 10.6. The van der Waals surface area contributed by atoms with Gasteiger partial charge in [0.1, 0.15) is 0 Å². The second-order valence-corrected chi connectivity index (χ2v) is 5.19. The van der Waals surface area contributed by atoms with Gasteiger partial charge in [-0.2, -0.15) is 0 Å². The lowest BCUT2D eigenvalue weighted by Crippen LogP contribution is -2.35. The van der Waals surface area contributed by atoms with Crippen LogP contribution in [0.25, 0.3) is 0 Å². The molecule has 0 radical (unpaired) electrons. The minimum Gasteiger partial charge on any atom is -0.481 e. The molecule has 1 saturated heterocycles. The molecule has 0 amide bonds. The van der Waals surface area contributed by atoms with Gasteiger partial charge in [-0.05, 0) is 36.5 Å². The summed E-state index contributed by atoms with van der Waals surface area (Å²) in [7, 11) is 0. The number of rotatable bonds is 5. The molecule has 0 aromatic heterocycles. The monoisotopic (exact) mass is 263 g/mol. The number of benzene rings is 1. The van der Waals surface area contributed by atoms with Gasteiger partial charge in [0.25, 0.3) is 0 Å². The van der Waals surface area contributed by atoms with Gasteiger partial charge in [0.2, 0.25) is 0 Å². The highest BCUT2D eigenvalue weighted by atomic mass is 16.5. The van der Waals surface area contributed by atoms with Crippen molar-refractivity contribution in [1.82, 2.24) is 0 Å². The maximum Gasteiger partial charge on any atom is 0.303 e. The Labute approximate surface area is 113 Å². The van der Waals surface area contributed by atoms with Crippen molar-refractivity contribution < 1.29 is 14.6 Å². The second-order valence-electron chi connectivity index (χ2n) is 5.19. The van der Waals surface area contributed by atoms with Crippen molar-refractivity contribution in [2.45, 2.75) is 32.2 Å². The predicted octanol–water partition coefficient (Wildman–Crippen LogP) is 2.54. The Hall–Kier alpha value is -1.55. The molecule has 0 spiro atoms. The number of carboxylic acid groups (broad SMARTS) is 1. The molecule has 1 fully saturated rings. The van der Waals surface area contributed by atoms with Crippen LogP contribution >= 0.6 is 0 Å². The maximum absolute atomic E-state index is 10.6. The van der Waals surface area contributed by atoms with Crippen LogP contribution in [0, 0.1) is 5.92 Å². The van der Waals surface area contributed by atoms with E-state index in [9.17, 15) is 4.79 Å². The molecule has 4 heteroatoms. The van der Waals surface area contributed by atoms with Crippen molar-refractivity contribution in [3.8, 4) is 0 Å². The number of aliphatic carboxylic acids is 1. The number of carboxylic acids is 1. The third-order valence-electron chi connectivity index (χ3n) is 3.55. The van der Waals surface area contributed by atoms with Crippen LogP contribution < -0.4 is 5.32 Å². The molecule has 2 atom stereocenters. The molecule has 0 aliphatic carbocycles. The first-order valence-corrected chi connectivity index (χ1v) is 6.80. The van der Waals surface area contributed by atoms with Gasteiger partial charge in [-0.15, -0.1) is 0 Å². The Morgan fingerprint density at radius 1 is 1.53 bits per heavy atom. The fourth-order valence-corrected chi connectivity index (χ4v) is 2.38. The average Bonchev–Trinajstić information content (AvgIpc) is 2.40. The molecule has 104 valence electrons. The average molecular weight is 263 g/mol. The molecule has 1 aliphatic rings. The van der Waals surface area contributed by atoms with Crippen LogP contribution in [0.5, 0.6) is 0 Å². The zero-order valence-corrected chi connectivity index (χ0v) is 11.3. The summed E-state index contributed by atoms with van der Waals surface area (Å²) in [6.45, 7) is 3.79. The third-order valence-corrected chi connectivity index (χ3v) is 3.55. The molecular formula is C15H21NO3. The lowest BCUT2D eigenvalue weighted by Gasteiger charge is -2.30. The Morgan fingerprint density at radius 3 is 3.11 bits per heavy atom. The van der Waals surface area contributed by atoms with Crippen molar-refractivity contribution in [3.63, 3.8) is 0 Å². The third kappa shape index (κ3) is 4.24. The zero-order chi connectivity index (χ0) is 13.7. The molecular weight excluding hydrogens is 242 g/mol. The number of nitrogens with one attached hydrogen (secondary N) is 1. The normalized spacial score (nSPS) is 23.0. The summed E-state index contributed by atoms with van der Waals surface area (Å²) < 4.78 is 5.43. The van der Waals surface area contributed by atoms with Gasteiger partial charge in [-0.1, -0.05) is 19.1 Å². The Bertz CT molecular complexity index is 433. The first-order valence-electron chi connectivity index (χ1n) is 6.80. The van der Waals surface area contributed by atoms with Crippen LogP contribution in [0.2, 0.25) is 0 Å². The molecule has 2 unspecified atom stereocenters. The Kier molecular flexibility index (Phi) is 4.80. The summed E-state index contributed by atoms with van der Waals surface area (Å²) in [6.07, 6.45) is 1.77. The highest BCUT2D eigenvalue weighted by molar-refractivity contribution is 5.67. The number of anilines is 1. The molecule has 1 aliphatic heterocycles. The lowest BCUT2D eigenvalue weighted by atomic mass is 9.97. The van der Waals surface area contributed by atoms with Crippen LogP contribution in [0.15, 0.2) is 24.3 Å². The van der Waals surface area contributed by atoms with E-state index in [1.807, 2.05) is 24.3 Å². The van der Waals surface area contributed by atoms with Crippen LogP contribution in [0.4, 0.5) is 5.69 Å². The van der Waals surface area contributed by atoms with E-state index in [-0.39, 0.29) is 6.42 Å². The molecule has 2 rings (SSSR count). The second kappa shape index (κ2) is 6.57. The highest BCUT2D eigenvalue weighted by Gasteiger charge is 2.21. The SMILES string of the molecule is CC1COCCC1Nc1cccc(CCC(=O)O)c1. The van der Waals surface area contributed by atoms with Gasteiger partial charge in [-0.25, -0.2) is 0 Å². The van der Waals surface area contributed by atoms with Crippen LogP contribution in [0.1, 0.15) is 25.3 Å². The van der Waals surface area contributed by atoms with Gasteiger partial charge >= 0.3 is 5.97 Å². The van der Waals surface area contributed by atoms with Gasteiger partial charge < -0.3 is 15.2 Å². The summed E-state index contributed by atoms with van der Waals surface area (Å²) in [5, 5.41) is 12.2. The van der Waals surface area contributed by atoms with E-state index in [0.717, 1.165) is 30.9 Å². The summed E-state index contributed by atoms with van der Waals surface area (Å²) in [4.78, 5) is 10.6. The van der Waals surface area contributed by atoms with Crippen molar-refractivity contribution in [1.29, 1.82) is 0 Å². The molecule has 1 heterocycles. The topological polar surface area (TPSA) is 58.6 Å². The van der Waals surface area contributed by atoms with Gasteiger partial charge in [0, 0.05) is 24.8 Å². The molecule has 4 nitrogen and oxygen atoms in total. The van der Waals surface area contributed by atoms with Crippen molar-refractivity contribution in [2.24, 2.45) is 5.92 Å². The van der Waals surface area contributed by atoms with Crippen LogP contribution in [-0.2, 0) is 16.0 Å². The Balaban J connectivity index is 1.96. The molecule has 19 heavy (non-hydrogen) atoms. The standard InChI is InChI=1S/C15H21NO3/c1-11-10-19-8-7-14(11)16-13-4-2-3-12(9-13)5-6-15(17)18/h2-4,9,11,14,16H,5-8,10H2,1H3,(H,17,18). The fourth-order valence-electron chi connectivity index (χ4n) is 2.38. The van der Waals surface area contributed by atoms with Crippen molar-refractivity contribution in [3.05, 3.63) is 29.8 Å². The molecule has 0 bridgehead atoms. The van der Waals surface area contributed by atoms with E-state index < -0.39 is 5.97 Å². The van der Waals surface area contributed by atoms with E-state index in [2.05, 4.69) is 12.2 Å². The van der Waals surface area contributed by atoms with E-state index in [1.54, 1.807) is 0 Å². The van der Waals surface area contributed by atoms with E-state index in [4.69, 9.17) is 9.84 Å². The highest BCUT2D eigenvalue weighted by Crippen LogP contribution is 2.20. The molecule has 1 aromatic carbocycles. The van der Waals surface area contributed by atoms with Crippen LogP contribution in [0.3, 0.4) is 0 Å². The van der Waals surface area contributed by atoms with Crippen molar-refractivity contribution in [2.75, 3.05) is 18.5 Å². The number of aryl methyl sites for hydroxylation is 1. The summed E-state index contributed by atoms with van der Waals surface area (Å²) >= 11 is 0. The predicted molar refractivity (Wildman–Crippen MR) is 74.4 cm³/mol. The molecule has 2 N–H and O–H groups in total. The zero-order valence-electron chi connectivity index (χ0n) is 11.3. The number of carbonyl (C=O) groups is 1.